The highest BCUT2D eigenvalue weighted by atomic mass is 32.1. The molecule has 1 saturated carbocycles. The summed E-state index contributed by atoms with van der Waals surface area (Å²) in [7, 11) is 0. The van der Waals surface area contributed by atoms with Crippen LogP contribution >= 0.6 is 11.5 Å². The van der Waals surface area contributed by atoms with Gasteiger partial charge in [-0.3, -0.25) is 4.79 Å². The molecule has 1 aliphatic heterocycles. The molecule has 1 atom stereocenters. The number of hydrogen-bond acceptors (Lipinski definition) is 7. The second kappa shape index (κ2) is 5.99. The van der Waals surface area contributed by atoms with Crippen LogP contribution in [0.5, 0.6) is 0 Å². The molecule has 2 fully saturated rings. The molecule has 0 spiro atoms. The van der Waals surface area contributed by atoms with Crippen molar-refractivity contribution in [3.8, 4) is 0 Å². The van der Waals surface area contributed by atoms with E-state index in [1.165, 1.54) is 24.4 Å². The lowest BCUT2D eigenvalue weighted by Crippen LogP contribution is -2.40. The number of hydrogen-bond donors (Lipinski definition) is 0. The highest BCUT2D eigenvalue weighted by Crippen LogP contribution is 2.38. The molecule has 1 aliphatic carbocycles. The van der Waals surface area contributed by atoms with Crippen molar-refractivity contribution in [2.24, 2.45) is 5.92 Å². The fourth-order valence-electron chi connectivity index (χ4n) is 3.09. The first kappa shape index (κ1) is 14.7. The first-order valence-electron chi connectivity index (χ1n) is 8.11. The van der Waals surface area contributed by atoms with E-state index in [4.69, 9.17) is 4.52 Å². The summed E-state index contributed by atoms with van der Waals surface area (Å²) >= 11 is 1.18. The van der Waals surface area contributed by atoms with Crippen LogP contribution in [0.15, 0.2) is 4.52 Å². The van der Waals surface area contributed by atoms with Crippen molar-refractivity contribution in [3.63, 3.8) is 0 Å². The molecule has 4 rings (SSSR count). The highest BCUT2D eigenvalue weighted by molar-refractivity contribution is 7.07. The maximum Gasteiger partial charge on any atom is 0.267 e. The molecule has 7 nitrogen and oxygen atoms in total. The fourth-order valence-corrected chi connectivity index (χ4v) is 3.72. The number of carbonyl (C=O) groups excluding carboxylic acids is 1. The van der Waals surface area contributed by atoms with Gasteiger partial charge in [0, 0.05) is 25.4 Å². The van der Waals surface area contributed by atoms with Gasteiger partial charge in [0.15, 0.2) is 5.82 Å². The van der Waals surface area contributed by atoms with Crippen LogP contribution in [0.1, 0.15) is 58.7 Å². The number of aromatic nitrogens is 4. The van der Waals surface area contributed by atoms with E-state index >= 15 is 0 Å². The van der Waals surface area contributed by atoms with Gasteiger partial charge in [0.05, 0.1) is 5.69 Å². The average Bonchev–Trinajstić information content (AvgIpc) is 3.16. The third-order valence-corrected chi connectivity index (χ3v) is 5.36. The standard InChI is InChI=1S/C15H19N5O2S/c1-9-13(23-19-17-9)15(21)20-6-2-3-10(8-20)7-12-16-14(18-22-12)11-4-5-11/h10-11H,2-8H2,1H3/t10-/m0/s1. The summed E-state index contributed by atoms with van der Waals surface area (Å²) in [5.74, 6) is 2.50. The first-order chi connectivity index (χ1) is 11.2. The molecule has 2 aromatic heterocycles. The number of rotatable bonds is 4. The zero-order chi connectivity index (χ0) is 15.8. The molecule has 0 aromatic carbocycles. The number of likely N-dealkylation sites (tertiary alicyclic amines) is 1. The van der Waals surface area contributed by atoms with Crippen LogP contribution < -0.4 is 0 Å². The van der Waals surface area contributed by atoms with Gasteiger partial charge >= 0.3 is 0 Å². The maximum absolute atomic E-state index is 12.6. The van der Waals surface area contributed by atoms with Crippen LogP contribution in [0, 0.1) is 12.8 Å². The minimum absolute atomic E-state index is 0.0476. The molecule has 1 saturated heterocycles. The topological polar surface area (TPSA) is 85.0 Å². The van der Waals surface area contributed by atoms with E-state index in [2.05, 4.69) is 19.7 Å². The van der Waals surface area contributed by atoms with E-state index < -0.39 is 0 Å². The molecule has 122 valence electrons. The summed E-state index contributed by atoms with van der Waals surface area (Å²) in [6, 6.07) is 0. The van der Waals surface area contributed by atoms with Crippen LogP contribution in [0.4, 0.5) is 0 Å². The van der Waals surface area contributed by atoms with Gasteiger partial charge in [-0.15, -0.1) is 5.10 Å². The smallest absolute Gasteiger partial charge is 0.267 e. The molecule has 8 heteroatoms. The molecule has 0 bridgehead atoms. The predicted molar refractivity (Wildman–Crippen MR) is 83.3 cm³/mol. The quantitative estimate of drug-likeness (QED) is 0.853. The Kier molecular flexibility index (Phi) is 3.84. The minimum atomic E-state index is 0.0476. The SMILES string of the molecule is Cc1nnsc1C(=O)N1CCC[C@@H](Cc2nc(C3CC3)no2)C1. The van der Waals surface area contributed by atoms with Crippen molar-refractivity contribution in [1.29, 1.82) is 0 Å². The monoisotopic (exact) mass is 333 g/mol. The Morgan fingerprint density at radius 1 is 1.39 bits per heavy atom. The number of aryl methyl sites for hydroxylation is 1. The second-order valence-corrected chi connectivity index (χ2v) is 7.23. The van der Waals surface area contributed by atoms with Crippen LogP contribution in [0.25, 0.3) is 0 Å². The summed E-state index contributed by atoms with van der Waals surface area (Å²) < 4.78 is 9.23. The van der Waals surface area contributed by atoms with Gasteiger partial charge in [-0.25, -0.2) is 0 Å². The summed E-state index contributed by atoms with van der Waals surface area (Å²) in [6.45, 7) is 3.36. The Hall–Kier alpha value is -1.83. The molecule has 23 heavy (non-hydrogen) atoms. The van der Waals surface area contributed by atoms with Gasteiger partial charge in [0.2, 0.25) is 5.89 Å². The molecule has 1 amide bonds. The van der Waals surface area contributed by atoms with E-state index in [9.17, 15) is 4.79 Å². The molecular weight excluding hydrogens is 314 g/mol. The Morgan fingerprint density at radius 2 is 2.26 bits per heavy atom. The lowest BCUT2D eigenvalue weighted by molar-refractivity contribution is 0.0672. The van der Waals surface area contributed by atoms with Crippen LogP contribution in [0.2, 0.25) is 0 Å². The minimum Gasteiger partial charge on any atom is -0.339 e. The third-order valence-electron chi connectivity index (χ3n) is 4.54. The fraction of sp³-hybridized carbons (Fsp3) is 0.667. The van der Waals surface area contributed by atoms with Crippen molar-refractivity contribution in [1.82, 2.24) is 24.6 Å². The lowest BCUT2D eigenvalue weighted by atomic mass is 9.94. The van der Waals surface area contributed by atoms with Crippen molar-refractivity contribution < 1.29 is 9.32 Å². The van der Waals surface area contributed by atoms with Crippen LogP contribution in [-0.4, -0.2) is 43.6 Å². The number of nitrogens with zero attached hydrogens (tertiary/aromatic N) is 5. The van der Waals surface area contributed by atoms with Crippen molar-refractivity contribution in [3.05, 3.63) is 22.3 Å². The third kappa shape index (κ3) is 3.12. The normalized spacial score (nSPS) is 21.6. The average molecular weight is 333 g/mol. The van der Waals surface area contributed by atoms with Crippen LogP contribution in [-0.2, 0) is 6.42 Å². The predicted octanol–water partition coefficient (Wildman–Crippen LogP) is 2.20. The largest absolute Gasteiger partial charge is 0.339 e. The van der Waals surface area contributed by atoms with Gasteiger partial charge in [-0.1, -0.05) is 9.64 Å². The lowest BCUT2D eigenvalue weighted by Gasteiger charge is -2.31. The summed E-state index contributed by atoms with van der Waals surface area (Å²) in [5, 5.41) is 8.00. The van der Waals surface area contributed by atoms with Crippen molar-refractivity contribution in [2.75, 3.05) is 13.1 Å². The first-order valence-corrected chi connectivity index (χ1v) is 8.88. The molecular formula is C15H19N5O2S. The molecule has 2 aromatic rings. The number of piperidine rings is 1. The van der Waals surface area contributed by atoms with Gasteiger partial charge in [0.1, 0.15) is 4.88 Å². The second-order valence-electron chi connectivity index (χ2n) is 6.47. The van der Waals surface area contributed by atoms with Crippen molar-refractivity contribution in [2.45, 2.75) is 44.9 Å². The van der Waals surface area contributed by atoms with E-state index in [1.807, 2.05) is 11.8 Å². The highest BCUT2D eigenvalue weighted by Gasteiger charge is 2.31. The molecule has 0 radical (unpaired) electrons. The van der Waals surface area contributed by atoms with E-state index in [1.54, 1.807) is 0 Å². The van der Waals surface area contributed by atoms with Gasteiger partial charge in [0.25, 0.3) is 5.91 Å². The Morgan fingerprint density at radius 3 is 3.00 bits per heavy atom. The Bertz CT molecular complexity index is 708. The zero-order valence-corrected chi connectivity index (χ0v) is 13.9. The summed E-state index contributed by atoms with van der Waals surface area (Å²) in [6.07, 6.45) is 5.19. The molecule has 3 heterocycles. The molecule has 2 aliphatic rings. The molecule has 0 N–H and O–H groups in total. The van der Waals surface area contributed by atoms with Gasteiger partial charge < -0.3 is 9.42 Å². The van der Waals surface area contributed by atoms with E-state index in [0.717, 1.165) is 38.2 Å². The van der Waals surface area contributed by atoms with Gasteiger partial charge in [-0.2, -0.15) is 4.98 Å². The number of carbonyl (C=O) groups is 1. The number of amides is 1. The Balaban J connectivity index is 1.40. The van der Waals surface area contributed by atoms with Crippen LogP contribution in [0.3, 0.4) is 0 Å². The Labute approximate surface area is 138 Å². The molecule has 0 unspecified atom stereocenters. The van der Waals surface area contributed by atoms with Crippen molar-refractivity contribution >= 4 is 17.4 Å². The van der Waals surface area contributed by atoms with E-state index in [0.29, 0.717) is 28.3 Å². The summed E-state index contributed by atoms with van der Waals surface area (Å²) in [4.78, 5) is 19.7. The zero-order valence-electron chi connectivity index (χ0n) is 13.1. The maximum atomic E-state index is 12.6. The van der Waals surface area contributed by atoms with Gasteiger partial charge in [-0.05, 0) is 50.1 Å². The van der Waals surface area contributed by atoms with E-state index in [-0.39, 0.29) is 5.91 Å². The summed E-state index contributed by atoms with van der Waals surface area (Å²) in [5.41, 5.74) is 0.716.